The molecule has 1 atom stereocenters. The standard InChI is InChI=1S/C19H17NO5/c21-16-19(17(22)23,10-11-20(16)18(24)25)12-13-6-8-15(9-7-13)14-4-2-1-3-5-14/h1-9H,10-12H2,(H,22,23)(H,24,25). The predicted molar refractivity (Wildman–Crippen MR) is 90.0 cm³/mol. The summed E-state index contributed by atoms with van der Waals surface area (Å²) in [4.78, 5) is 35.8. The summed E-state index contributed by atoms with van der Waals surface area (Å²) < 4.78 is 0. The molecule has 2 N–H and O–H groups in total. The fraction of sp³-hybridized carbons (Fsp3) is 0.211. The summed E-state index contributed by atoms with van der Waals surface area (Å²) in [6.07, 6.45) is -1.46. The molecule has 0 aromatic heterocycles. The molecule has 2 aromatic rings. The molecule has 1 unspecified atom stereocenters. The zero-order valence-electron chi connectivity index (χ0n) is 13.4. The lowest BCUT2D eigenvalue weighted by molar-refractivity contribution is -0.155. The van der Waals surface area contributed by atoms with Crippen LogP contribution in [-0.4, -0.2) is 39.6 Å². The van der Waals surface area contributed by atoms with E-state index in [1.807, 2.05) is 42.5 Å². The van der Waals surface area contributed by atoms with Gasteiger partial charge < -0.3 is 10.2 Å². The number of carbonyl (C=O) groups is 3. The van der Waals surface area contributed by atoms with Gasteiger partial charge in [0.1, 0.15) is 0 Å². The molecule has 6 nitrogen and oxygen atoms in total. The number of carboxylic acid groups (broad SMARTS) is 2. The molecule has 1 heterocycles. The van der Waals surface area contributed by atoms with E-state index in [1.165, 1.54) is 0 Å². The maximum Gasteiger partial charge on any atom is 0.414 e. The van der Waals surface area contributed by atoms with Gasteiger partial charge in [0.25, 0.3) is 0 Å². The van der Waals surface area contributed by atoms with Gasteiger partial charge in [-0.05, 0) is 29.5 Å². The number of carboxylic acids is 1. The molecule has 2 amide bonds. The van der Waals surface area contributed by atoms with E-state index in [-0.39, 0.29) is 19.4 Å². The zero-order valence-corrected chi connectivity index (χ0v) is 13.4. The molecule has 0 spiro atoms. The minimum atomic E-state index is -1.72. The van der Waals surface area contributed by atoms with E-state index in [2.05, 4.69) is 0 Å². The highest BCUT2D eigenvalue weighted by molar-refractivity contribution is 6.08. The molecule has 1 aliphatic heterocycles. The lowest BCUT2D eigenvalue weighted by Gasteiger charge is -2.22. The number of amides is 2. The molecule has 0 radical (unpaired) electrons. The Kier molecular flexibility index (Phi) is 4.27. The molecule has 6 heteroatoms. The summed E-state index contributed by atoms with van der Waals surface area (Å²) in [6, 6.07) is 17.0. The average molecular weight is 339 g/mol. The summed E-state index contributed by atoms with van der Waals surface area (Å²) >= 11 is 0. The minimum Gasteiger partial charge on any atom is -0.480 e. The van der Waals surface area contributed by atoms with Crippen LogP contribution >= 0.6 is 0 Å². The molecular formula is C19H17NO5. The Morgan fingerprint density at radius 1 is 0.960 bits per heavy atom. The second-order valence-electron chi connectivity index (χ2n) is 6.12. The first-order valence-electron chi connectivity index (χ1n) is 7.87. The van der Waals surface area contributed by atoms with E-state index in [0.29, 0.717) is 10.5 Å². The van der Waals surface area contributed by atoms with Crippen LogP contribution < -0.4 is 0 Å². The van der Waals surface area contributed by atoms with Crippen molar-refractivity contribution in [2.45, 2.75) is 12.8 Å². The van der Waals surface area contributed by atoms with Crippen LogP contribution in [-0.2, 0) is 16.0 Å². The van der Waals surface area contributed by atoms with Gasteiger partial charge in [-0.15, -0.1) is 0 Å². The third-order valence-electron chi connectivity index (χ3n) is 4.62. The van der Waals surface area contributed by atoms with Gasteiger partial charge in [-0.25, -0.2) is 9.69 Å². The molecule has 0 aliphatic carbocycles. The normalized spacial score (nSPS) is 19.8. The van der Waals surface area contributed by atoms with Crippen molar-refractivity contribution in [3.8, 4) is 11.1 Å². The third-order valence-corrected chi connectivity index (χ3v) is 4.62. The number of hydrogen-bond acceptors (Lipinski definition) is 3. The van der Waals surface area contributed by atoms with Crippen LogP contribution in [0.3, 0.4) is 0 Å². The van der Waals surface area contributed by atoms with Gasteiger partial charge in [0.15, 0.2) is 5.41 Å². The van der Waals surface area contributed by atoms with Crippen molar-refractivity contribution in [1.29, 1.82) is 0 Å². The van der Waals surface area contributed by atoms with Crippen molar-refractivity contribution in [1.82, 2.24) is 4.90 Å². The zero-order chi connectivity index (χ0) is 18.0. The molecule has 1 saturated heterocycles. The molecule has 0 saturated carbocycles. The Balaban J connectivity index is 1.86. The first-order chi connectivity index (χ1) is 11.9. The first-order valence-corrected chi connectivity index (χ1v) is 7.87. The summed E-state index contributed by atoms with van der Waals surface area (Å²) in [6.45, 7) is -0.0947. The highest BCUT2D eigenvalue weighted by atomic mass is 16.4. The number of nitrogens with zero attached hydrogens (tertiary/aromatic N) is 1. The van der Waals surface area contributed by atoms with E-state index in [1.54, 1.807) is 12.1 Å². The number of carbonyl (C=O) groups excluding carboxylic acids is 1. The molecule has 1 fully saturated rings. The molecule has 128 valence electrons. The van der Waals surface area contributed by atoms with Crippen LogP contribution in [0.5, 0.6) is 0 Å². The van der Waals surface area contributed by atoms with Gasteiger partial charge in [-0.3, -0.25) is 9.59 Å². The minimum absolute atomic E-state index is 0.0199. The number of benzene rings is 2. The van der Waals surface area contributed by atoms with E-state index in [4.69, 9.17) is 5.11 Å². The number of imide groups is 1. The Morgan fingerprint density at radius 2 is 1.56 bits per heavy atom. The summed E-state index contributed by atoms with van der Waals surface area (Å²) in [5.41, 5.74) is 0.990. The third kappa shape index (κ3) is 2.98. The van der Waals surface area contributed by atoms with Crippen molar-refractivity contribution in [3.63, 3.8) is 0 Å². The van der Waals surface area contributed by atoms with Crippen molar-refractivity contribution in [2.75, 3.05) is 6.54 Å². The lowest BCUT2D eigenvalue weighted by Crippen LogP contribution is -2.43. The van der Waals surface area contributed by atoms with Crippen LogP contribution in [0.2, 0.25) is 0 Å². The monoisotopic (exact) mass is 339 g/mol. The van der Waals surface area contributed by atoms with Gasteiger partial charge in [-0.1, -0.05) is 54.6 Å². The first kappa shape index (κ1) is 16.7. The van der Waals surface area contributed by atoms with Crippen molar-refractivity contribution in [3.05, 3.63) is 60.2 Å². The Morgan fingerprint density at radius 3 is 2.08 bits per heavy atom. The van der Waals surface area contributed by atoms with E-state index in [0.717, 1.165) is 11.1 Å². The van der Waals surface area contributed by atoms with Crippen LogP contribution in [0.15, 0.2) is 54.6 Å². The van der Waals surface area contributed by atoms with Crippen molar-refractivity contribution < 1.29 is 24.6 Å². The Labute approximate surface area is 144 Å². The van der Waals surface area contributed by atoms with Crippen LogP contribution in [0.25, 0.3) is 11.1 Å². The van der Waals surface area contributed by atoms with Gasteiger partial charge in [0.2, 0.25) is 5.91 Å². The highest BCUT2D eigenvalue weighted by Gasteiger charge is 2.54. The Bertz CT molecular complexity index is 815. The maximum absolute atomic E-state index is 12.4. The fourth-order valence-electron chi connectivity index (χ4n) is 3.18. The van der Waals surface area contributed by atoms with Gasteiger partial charge in [0, 0.05) is 6.54 Å². The number of likely N-dealkylation sites (tertiary alicyclic amines) is 1. The Hall–Kier alpha value is -3.15. The molecule has 2 aromatic carbocycles. The molecule has 25 heavy (non-hydrogen) atoms. The largest absolute Gasteiger partial charge is 0.480 e. The van der Waals surface area contributed by atoms with Crippen LogP contribution in [0.4, 0.5) is 4.79 Å². The summed E-state index contributed by atoms with van der Waals surface area (Å²) in [5.74, 6) is -2.15. The van der Waals surface area contributed by atoms with Gasteiger partial charge in [0.05, 0.1) is 0 Å². The molecule has 1 aliphatic rings. The smallest absolute Gasteiger partial charge is 0.414 e. The van der Waals surface area contributed by atoms with Gasteiger partial charge >= 0.3 is 12.1 Å². The fourth-order valence-corrected chi connectivity index (χ4v) is 3.18. The highest BCUT2D eigenvalue weighted by Crippen LogP contribution is 2.36. The number of hydrogen-bond donors (Lipinski definition) is 2. The quantitative estimate of drug-likeness (QED) is 0.835. The topological polar surface area (TPSA) is 94.9 Å². The molecule has 0 bridgehead atoms. The van der Waals surface area contributed by atoms with Crippen molar-refractivity contribution in [2.24, 2.45) is 5.41 Å². The predicted octanol–water partition coefficient (Wildman–Crippen LogP) is 2.88. The molecule has 3 rings (SSSR count). The lowest BCUT2D eigenvalue weighted by atomic mass is 9.80. The number of rotatable bonds is 4. The maximum atomic E-state index is 12.4. The van der Waals surface area contributed by atoms with E-state index < -0.39 is 23.4 Å². The van der Waals surface area contributed by atoms with Crippen molar-refractivity contribution >= 4 is 18.0 Å². The second-order valence-corrected chi connectivity index (χ2v) is 6.12. The summed E-state index contributed by atoms with van der Waals surface area (Å²) in [7, 11) is 0. The van der Waals surface area contributed by atoms with Gasteiger partial charge in [-0.2, -0.15) is 0 Å². The number of aliphatic carboxylic acids is 1. The SMILES string of the molecule is O=C(O)N1CCC(Cc2ccc(-c3ccccc3)cc2)(C(=O)O)C1=O. The van der Waals surface area contributed by atoms with Crippen LogP contribution in [0.1, 0.15) is 12.0 Å². The average Bonchev–Trinajstić information content (AvgIpc) is 2.94. The van der Waals surface area contributed by atoms with E-state index >= 15 is 0 Å². The van der Waals surface area contributed by atoms with Crippen LogP contribution in [0, 0.1) is 5.41 Å². The van der Waals surface area contributed by atoms with E-state index in [9.17, 15) is 19.5 Å². The second kappa shape index (κ2) is 6.39. The summed E-state index contributed by atoms with van der Waals surface area (Å²) in [5, 5.41) is 18.6. The molecular weight excluding hydrogens is 322 g/mol.